The van der Waals surface area contributed by atoms with Gasteiger partial charge < -0.3 is 25.5 Å². The summed E-state index contributed by atoms with van der Waals surface area (Å²) in [6.45, 7) is 3.54. The fourth-order valence-corrected chi connectivity index (χ4v) is 3.08. The van der Waals surface area contributed by atoms with Crippen molar-refractivity contribution in [3.63, 3.8) is 0 Å². The Morgan fingerprint density at radius 2 is 1.76 bits per heavy atom. The number of rotatable bonds is 7. The first-order valence-corrected chi connectivity index (χ1v) is 10.3. The van der Waals surface area contributed by atoms with Gasteiger partial charge in [0.25, 0.3) is 5.91 Å². The summed E-state index contributed by atoms with van der Waals surface area (Å²) in [6.07, 6.45) is 1.41. The minimum atomic E-state index is -0.610. The molecule has 1 amide bonds. The Labute approximate surface area is 195 Å². The maximum absolute atomic E-state index is 12.6. The van der Waals surface area contributed by atoms with Crippen molar-refractivity contribution in [1.82, 2.24) is 15.0 Å². The van der Waals surface area contributed by atoms with Crippen LogP contribution in [-0.2, 0) is 11.3 Å². The Hall–Kier alpha value is -4.73. The normalized spacial score (nSPS) is 10.5. The number of hydrogen-bond donors (Lipinski definition) is 3. The summed E-state index contributed by atoms with van der Waals surface area (Å²) in [5, 5.41) is 5.81. The topological polar surface area (TPSA) is 145 Å². The zero-order valence-electron chi connectivity index (χ0n) is 18.5. The molecule has 0 radical (unpaired) electrons. The molecular formula is C24H22N6O4. The van der Waals surface area contributed by atoms with Crippen molar-refractivity contribution >= 4 is 35.1 Å². The smallest absolute Gasteiger partial charge is 0.338 e. The lowest BCUT2D eigenvalue weighted by Crippen LogP contribution is -2.14. The lowest BCUT2D eigenvalue weighted by atomic mass is 10.1. The first-order valence-electron chi connectivity index (χ1n) is 10.3. The van der Waals surface area contributed by atoms with Gasteiger partial charge in [-0.25, -0.2) is 4.79 Å². The SMILES string of the molecule is Cc1ccc(C(=O)OCc2nc(N)nc(Nc3ccccc3C)n2)cc1NC(=O)c1ccco1. The van der Waals surface area contributed by atoms with Crippen LogP contribution in [0.4, 0.5) is 23.3 Å². The number of nitrogens with zero attached hydrogens (tertiary/aromatic N) is 3. The zero-order valence-corrected chi connectivity index (χ0v) is 18.5. The summed E-state index contributed by atoms with van der Waals surface area (Å²) in [6, 6.07) is 15.6. The van der Waals surface area contributed by atoms with Gasteiger partial charge in [0.05, 0.1) is 11.8 Å². The van der Waals surface area contributed by atoms with Gasteiger partial charge in [0.2, 0.25) is 11.9 Å². The van der Waals surface area contributed by atoms with Crippen molar-refractivity contribution in [1.29, 1.82) is 0 Å². The standard InChI is InChI=1S/C24H22N6O4/c1-14-6-3-4-7-17(14)27-24-29-20(28-23(25)30-24)13-34-22(32)16-10-9-15(2)18(12-16)26-21(31)19-8-5-11-33-19/h3-12H,13H2,1-2H3,(H,26,31)(H3,25,27,28,29,30). The van der Waals surface area contributed by atoms with Crippen molar-refractivity contribution in [2.45, 2.75) is 20.5 Å². The molecule has 4 aromatic rings. The van der Waals surface area contributed by atoms with Gasteiger partial charge in [-0.1, -0.05) is 24.3 Å². The van der Waals surface area contributed by atoms with E-state index in [0.717, 1.165) is 16.8 Å². The van der Waals surface area contributed by atoms with Crippen molar-refractivity contribution < 1.29 is 18.7 Å². The lowest BCUT2D eigenvalue weighted by molar-refractivity contribution is 0.0462. The van der Waals surface area contributed by atoms with E-state index in [1.54, 1.807) is 24.3 Å². The van der Waals surface area contributed by atoms with Crippen molar-refractivity contribution in [3.05, 3.63) is 89.1 Å². The summed E-state index contributed by atoms with van der Waals surface area (Å²) in [5.74, 6) is -0.444. The number of furan rings is 1. The number of benzene rings is 2. The monoisotopic (exact) mass is 458 g/mol. The third-order valence-electron chi connectivity index (χ3n) is 4.89. The van der Waals surface area contributed by atoms with E-state index < -0.39 is 11.9 Å². The molecule has 172 valence electrons. The van der Waals surface area contributed by atoms with Crippen LogP contribution in [-0.4, -0.2) is 26.8 Å². The molecule has 2 aromatic carbocycles. The Morgan fingerprint density at radius 1 is 0.971 bits per heavy atom. The number of anilines is 4. The van der Waals surface area contributed by atoms with Crippen LogP contribution in [0.2, 0.25) is 0 Å². The average Bonchev–Trinajstić information content (AvgIpc) is 3.35. The van der Waals surface area contributed by atoms with E-state index in [4.69, 9.17) is 14.9 Å². The van der Waals surface area contributed by atoms with Crippen LogP contribution in [0.3, 0.4) is 0 Å². The molecule has 0 aliphatic rings. The number of aryl methyl sites for hydroxylation is 2. The van der Waals surface area contributed by atoms with Crippen molar-refractivity contribution in [2.75, 3.05) is 16.4 Å². The number of nitrogens with two attached hydrogens (primary N) is 1. The summed E-state index contributed by atoms with van der Waals surface area (Å²) in [5.41, 5.74) is 9.11. The molecule has 0 unspecified atom stereocenters. The van der Waals surface area contributed by atoms with E-state index in [-0.39, 0.29) is 35.7 Å². The Balaban J connectivity index is 1.44. The number of esters is 1. The van der Waals surface area contributed by atoms with E-state index in [0.29, 0.717) is 5.69 Å². The van der Waals surface area contributed by atoms with Crippen LogP contribution in [0.1, 0.15) is 37.9 Å². The molecule has 0 aliphatic carbocycles. The molecule has 0 saturated carbocycles. The maximum Gasteiger partial charge on any atom is 0.338 e. The molecule has 0 spiro atoms. The summed E-state index contributed by atoms with van der Waals surface area (Å²) in [7, 11) is 0. The number of ether oxygens (including phenoxy) is 1. The molecule has 4 rings (SSSR count). The molecule has 4 N–H and O–H groups in total. The van der Waals surface area contributed by atoms with Crippen LogP contribution >= 0.6 is 0 Å². The van der Waals surface area contributed by atoms with Gasteiger partial charge in [-0.15, -0.1) is 0 Å². The number of para-hydroxylation sites is 1. The van der Waals surface area contributed by atoms with Crippen LogP contribution in [0, 0.1) is 13.8 Å². The highest BCUT2D eigenvalue weighted by atomic mass is 16.5. The fourth-order valence-electron chi connectivity index (χ4n) is 3.08. The van der Waals surface area contributed by atoms with E-state index in [2.05, 4.69) is 25.6 Å². The first kappa shape index (κ1) is 22.5. The predicted octanol–water partition coefficient (Wildman–Crippen LogP) is 4.02. The van der Waals surface area contributed by atoms with Gasteiger partial charge in [0, 0.05) is 11.4 Å². The number of carbonyl (C=O) groups is 2. The second kappa shape index (κ2) is 9.82. The molecule has 2 heterocycles. The molecule has 10 heteroatoms. The highest BCUT2D eigenvalue weighted by molar-refractivity contribution is 6.03. The fraction of sp³-hybridized carbons (Fsp3) is 0.125. The first-order chi connectivity index (χ1) is 16.4. The predicted molar refractivity (Wildman–Crippen MR) is 126 cm³/mol. The van der Waals surface area contributed by atoms with Crippen LogP contribution < -0.4 is 16.4 Å². The second-order valence-corrected chi connectivity index (χ2v) is 7.41. The Kier molecular flexibility index (Phi) is 6.49. The molecule has 0 saturated heterocycles. The quantitative estimate of drug-likeness (QED) is 0.350. The number of carbonyl (C=O) groups excluding carboxylic acids is 2. The second-order valence-electron chi connectivity index (χ2n) is 7.41. The number of nitrogen functional groups attached to an aromatic ring is 1. The van der Waals surface area contributed by atoms with Gasteiger partial charge in [0.15, 0.2) is 18.2 Å². The van der Waals surface area contributed by atoms with Gasteiger partial charge in [0.1, 0.15) is 0 Å². The van der Waals surface area contributed by atoms with Crippen molar-refractivity contribution in [2.24, 2.45) is 0 Å². The van der Waals surface area contributed by atoms with E-state index in [1.165, 1.54) is 12.3 Å². The third kappa shape index (κ3) is 5.36. The van der Waals surface area contributed by atoms with Gasteiger partial charge in [-0.05, 0) is 55.3 Å². The molecule has 0 fully saturated rings. The Morgan fingerprint density at radius 3 is 2.53 bits per heavy atom. The number of nitrogens with one attached hydrogen (secondary N) is 2. The summed E-state index contributed by atoms with van der Waals surface area (Å²) < 4.78 is 10.5. The molecular weight excluding hydrogens is 436 g/mol. The summed E-state index contributed by atoms with van der Waals surface area (Å²) in [4.78, 5) is 37.3. The minimum Gasteiger partial charge on any atom is -0.459 e. The van der Waals surface area contributed by atoms with E-state index in [9.17, 15) is 9.59 Å². The van der Waals surface area contributed by atoms with E-state index in [1.807, 2.05) is 38.1 Å². The van der Waals surface area contributed by atoms with Gasteiger partial charge in [-0.3, -0.25) is 4.79 Å². The number of hydrogen-bond acceptors (Lipinski definition) is 9. The van der Waals surface area contributed by atoms with Crippen molar-refractivity contribution in [3.8, 4) is 0 Å². The van der Waals surface area contributed by atoms with Crippen LogP contribution in [0.5, 0.6) is 0 Å². The largest absolute Gasteiger partial charge is 0.459 e. The number of amides is 1. The molecule has 2 aromatic heterocycles. The minimum absolute atomic E-state index is 0.00426. The maximum atomic E-state index is 12.6. The molecule has 0 aliphatic heterocycles. The highest BCUT2D eigenvalue weighted by Gasteiger charge is 2.15. The average molecular weight is 458 g/mol. The lowest BCUT2D eigenvalue weighted by Gasteiger charge is -2.11. The molecule has 10 nitrogen and oxygen atoms in total. The van der Waals surface area contributed by atoms with Gasteiger partial charge >= 0.3 is 5.97 Å². The van der Waals surface area contributed by atoms with Gasteiger partial charge in [-0.2, -0.15) is 15.0 Å². The van der Waals surface area contributed by atoms with E-state index >= 15 is 0 Å². The molecule has 34 heavy (non-hydrogen) atoms. The third-order valence-corrected chi connectivity index (χ3v) is 4.89. The number of aromatic nitrogens is 3. The highest BCUT2D eigenvalue weighted by Crippen LogP contribution is 2.20. The molecule has 0 bridgehead atoms. The zero-order chi connectivity index (χ0) is 24.1. The van der Waals surface area contributed by atoms with Crippen LogP contribution in [0.15, 0.2) is 65.3 Å². The molecule has 0 atom stereocenters. The Bertz CT molecular complexity index is 1340. The summed E-state index contributed by atoms with van der Waals surface area (Å²) >= 11 is 0. The van der Waals surface area contributed by atoms with Crippen LogP contribution in [0.25, 0.3) is 0 Å².